The molecular formula is C22H29FN4O5S. The third-order valence-electron chi connectivity index (χ3n) is 5.06. The molecule has 180 valence electrons. The molecule has 1 atom stereocenters. The number of nitrogens with zero attached hydrogens (tertiary/aromatic N) is 3. The second-order valence-corrected chi connectivity index (χ2v) is 9.50. The molecule has 0 unspecified atom stereocenters. The smallest absolute Gasteiger partial charge is 0.304 e. The molecule has 0 radical (unpaired) electrons. The second-order valence-electron chi connectivity index (χ2n) is 7.43. The quantitative estimate of drug-likeness (QED) is 0.557. The standard InChI is InChI=1S/C22H29FN4O5S/c1-16(22(29)24-2)26(14-17-6-12-20(32-5)13-7-17)21(28)15-27(33(30,31)25(3)4)19-10-8-18(23)9-11-19/h6-13,16H,14-15H2,1-5H3,(H,24,29)/t16-/m1/s1. The number of ether oxygens (including phenoxy) is 1. The number of amides is 2. The Kier molecular flexibility index (Phi) is 8.77. The van der Waals surface area contributed by atoms with E-state index >= 15 is 0 Å². The highest BCUT2D eigenvalue weighted by Crippen LogP contribution is 2.21. The Labute approximate surface area is 193 Å². The zero-order valence-electron chi connectivity index (χ0n) is 19.3. The normalized spacial score (nSPS) is 12.2. The van der Waals surface area contributed by atoms with Crippen molar-refractivity contribution in [2.75, 3.05) is 39.1 Å². The number of carbonyl (C=O) groups is 2. The van der Waals surface area contributed by atoms with E-state index in [2.05, 4.69) is 5.32 Å². The van der Waals surface area contributed by atoms with Crippen molar-refractivity contribution in [2.24, 2.45) is 0 Å². The first-order valence-electron chi connectivity index (χ1n) is 10.1. The number of methoxy groups -OCH3 is 1. The van der Waals surface area contributed by atoms with Crippen LogP contribution in [0.1, 0.15) is 12.5 Å². The highest BCUT2D eigenvalue weighted by molar-refractivity contribution is 7.90. The van der Waals surface area contributed by atoms with Crippen molar-refractivity contribution in [1.29, 1.82) is 0 Å². The zero-order valence-corrected chi connectivity index (χ0v) is 20.1. The molecule has 0 saturated carbocycles. The highest BCUT2D eigenvalue weighted by Gasteiger charge is 2.32. The van der Waals surface area contributed by atoms with Crippen LogP contribution in [0.3, 0.4) is 0 Å². The van der Waals surface area contributed by atoms with E-state index < -0.39 is 40.4 Å². The van der Waals surface area contributed by atoms with Crippen LogP contribution in [0.5, 0.6) is 5.75 Å². The average Bonchev–Trinajstić information content (AvgIpc) is 2.80. The van der Waals surface area contributed by atoms with Crippen molar-refractivity contribution in [1.82, 2.24) is 14.5 Å². The van der Waals surface area contributed by atoms with E-state index in [1.807, 2.05) is 0 Å². The van der Waals surface area contributed by atoms with E-state index in [1.54, 1.807) is 31.2 Å². The van der Waals surface area contributed by atoms with Crippen molar-refractivity contribution >= 4 is 27.7 Å². The third-order valence-corrected chi connectivity index (χ3v) is 6.88. The minimum atomic E-state index is -4.09. The molecule has 0 saturated heterocycles. The van der Waals surface area contributed by atoms with Crippen molar-refractivity contribution in [3.05, 3.63) is 59.9 Å². The summed E-state index contributed by atoms with van der Waals surface area (Å²) in [6, 6.07) is 10.9. The van der Waals surface area contributed by atoms with Gasteiger partial charge in [-0.25, -0.2) is 8.70 Å². The van der Waals surface area contributed by atoms with Gasteiger partial charge in [-0.15, -0.1) is 0 Å². The Morgan fingerprint density at radius 3 is 2.12 bits per heavy atom. The molecule has 0 bridgehead atoms. The van der Waals surface area contributed by atoms with Gasteiger partial charge in [0.1, 0.15) is 24.2 Å². The van der Waals surface area contributed by atoms with E-state index in [0.29, 0.717) is 5.75 Å². The molecule has 2 amide bonds. The summed E-state index contributed by atoms with van der Waals surface area (Å²) in [5.74, 6) is -0.908. The first kappa shape index (κ1) is 26.1. The van der Waals surface area contributed by atoms with Crippen molar-refractivity contribution in [3.8, 4) is 5.75 Å². The van der Waals surface area contributed by atoms with E-state index in [-0.39, 0.29) is 12.2 Å². The van der Waals surface area contributed by atoms with Crippen molar-refractivity contribution in [2.45, 2.75) is 19.5 Å². The first-order chi connectivity index (χ1) is 15.5. The van der Waals surface area contributed by atoms with Crippen LogP contribution in [-0.4, -0.2) is 70.3 Å². The van der Waals surface area contributed by atoms with Gasteiger partial charge >= 0.3 is 10.2 Å². The lowest BCUT2D eigenvalue weighted by molar-refractivity contribution is -0.139. The van der Waals surface area contributed by atoms with Gasteiger partial charge in [-0.3, -0.25) is 9.59 Å². The predicted molar refractivity (Wildman–Crippen MR) is 123 cm³/mol. The molecule has 0 aromatic heterocycles. The van der Waals surface area contributed by atoms with Gasteiger partial charge in [0, 0.05) is 27.7 Å². The fourth-order valence-electron chi connectivity index (χ4n) is 3.04. The van der Waals surface area contributed by atoms with Crippen LogP contribution in [0.25, 0.3) is 0 Å². The lowest BCUT2D eigenvalue weighted by Crippen LogP contribution is -2.52. The largest absolute Gasteiger partial charge is 0.497 e. The minimum Gasteiger partial charge on any atom is -0.497 e. The van der Waals surface area contributed by atoms with Crippen LogP contribution in [0.2, 0.25) is 0 Å². The van der Waals surface area contributed by atoms with Crippen LogP contribution in [0, 0.1) is 5.82 Å². The maximum atomic E-state index is 13.4. The summed E-state index contributed by atoms with van der Waals surface area (Å²) in [5, 5.41) is 2.51. The zero-order chi connectivity index (χ0) is 24.8. The van der Waals surface area contributed by atoms with E-state index in [1.165, 1.54) is 45.3 Å². The van der Waals surface area contributed by atoms with Crippen LogP contribution in [-0.2, 0) is 26.3 Å². The van der Waals surface area contributed by atoms with E-state index in [4.69, 9.17) is 4.74 Å². The Balaban J connectivity index is 2.42. The molecule has 33 heavy (non-hydrogen) atoms. The Morgan fingerprint density at radius 2 is 1.64 bits per heavy atom. The first-order valence-corrected chi connectivity index (χ1v) is 11.5. The van der Waals surface area contributed by atoms with Crippen LogP contribution >= 0.6 is 0 Å². The number of anilines is 1. The second kappa shape index (κ2) is 11.1. The SMILES string of the molecule is CNC(=O)[C@@H](C)N(Cc1ccc(OC)cc1)C(=O)CN(c1ccc(F)cc1)S(=O)(=O)N(C)C. The summed E-state index contributed by atoms with van der Waals surface area (Å²) in [6.07, 6.45) is 0. The lowest BCUT2D eigenvalue weighted by Gasteiger charge is -2.32. The van der Waals surface area contributed by atoms with Crippen LogP contribution in [0.4, 0.5) is 10.1 Å². The van der Waals surface area contributed by atoms with E-state index in [0.717, 1.165) is 26.3 Å². The molecule has 0 aliphatic carbocycles. The molecule has 0 fully saturated rings. The molecular weight excluding hydrogens is 451 g/mol. The van der Waals surface area contributed by atoms with Crippen LogP contribution < -0.4 is 14.4 Å². The third kappa shape index (κ3) is 6.42. The number of hydrogen-bond donors (Lipinski definition) is 1. The molecule has 9 nitrogen and oxygen atoms in total. The maximum Gasteiger partial charge on any atom is 0.304 e. The summed E-state index contributed by atoms with van der Waals surface area (Å²) in [5.41, 5.74) is 0.846. The number of hydrogen-bond acceptors (Lipinski definition) is 5. The number of nitrogens with one attached hydrogen (secondary N) is 1. The minimum absolute atomic E-state index is 0.0662. The number of likely N-dealkylation sites (N-methyl/N-ethyl adjacent to an activating group) is 1. The van der Waals surface area contributed by atoms with Gasteiger partial charge in [0.25, 0.3) is 0 Å². The fourth-order valence-corrected chi connectivity index (χ4v) is 4.10. The number of carbonyl (C=O) groups excluding carboxylic acids is 2. The Morgan fingerprint density at radius 1 is 1.06 bits per heavy atom. The van der Waals surface area contributed by atoms with Crippen LogP contribution in [0.15, 0.2) is 48.5 Å². The summed E-state index contributed by atoms with van der Waals surface area (Å²) < 4.78 is 46.3. The number of benzene rings is 2. The van der Waals surface area contributed by atoms with Gasteiger partial charge in [0.05, 0.1) is 12.8 Å². The van der Waals surface area contributed by atoms with Gasteiger partial charge in [0.2, 0.25) is 11.8 Å². The number of halogens is 1. The molecule has 0 spiro atoms. The molecule has 2 aromatic rings. The molecule has 0 heterocycles. The van der Waals surface area contributed by atoms with Gasteiger partial charge in [0.15, 0.2) is 0 Å². The topological polar surface area (TPSA) is 99.3 Å². The molecule has 1 N–H and O–H groups in total. The summed E-state index contributed by atoms with van der Waals surface area (Å²) in [7, 11) is 1.57. The fraction of sp³-hybridized carbons (Fsp3) is 0.364. The Hall–Kier alpha value is -3.18. The number of rotatable bonds is 10. The lowest BCUT2D eigenvalue weighted by atomic mass is 10.1. The highest BCUT2D eigenvalue weighted by atomic mass is 32.2. The van der Waals surface area contributed by atoms with Gasteiger partial charge in [-0.2, -0.15) is 12.7 Å². The average molecular weight is 481 g/mol. The molecule has 2 rings (SSSR count). The van der Waals surface area contributed by atoms with Crippen molar-refractivity contribution in [3.63, 3.8) is 0 Å². The monoisotopic (exact) mass is 480 g/mol. The van der Waals surface area contributed by atoms with Gasteiger partial charge in [-0.1, -0.05) is 12.1 Å². The Bertz CT molecular complexity index is 1060. The van der Waals surface area contributed by atoms with Crippen molar-refractivity contribution < 1.29 is 27.1 Å². The predicted octanol–water partition coefficient (Wildman–Crippen LogP) is 1.61. The summed E-state index contributed by atoms with van der Waals surface area (Å²) in [4.78, 5) is 27.0. The maximum absolute atomic E-state index is 13.4. The summed E-state index contributed by atoms with van der Waals surface area (Å²) >= 11 is 0. The van der Waals surface area contributed by atoms with Gasteiger partial charge in [-0.05, 0) is 48.9 Å². The summed E-state index contributed by atoms with van der Waals surface area (Å²) in [6.45, 7) is 1.04. The molecule has 0 aliphatic heterocycles. The molecule has 2 aromatic carbocycles. The van der Waals surface area contributed by atoms with Gasteiger partial charge < -0.3 is 15.0 Å². The van der Waals surface area contributed by atoms with E-state index in [9.17, 15) is 22.4 Å². The molecule has 11 heteroatoms. The molecule has 0 aliphatic rings.